The largest absolute Gasteiger partial charge is 0.400 e. The van der Waals surface area contributed by atoms with E-state index in [0.29, 0.717) is 23.2 Å². The van der Waals surface area contributed by atoms with Crippen LogP contribution in [0.15, 0.2) is 40.5 Å². The van der Waals surface area contributed by atoms with Crippen LogP contribution in [0.4, 0.5) is 5.69 Å². The van der Waals surface area contributed by atoms with Crippen molar-refractivity contribution >= 4 is 23.0 Å². The molecule has 5 heteroatoms. The van der Waals surface area contributed by atoms with Gasteiger partial charge in [-0.3, -0.25) is 0 Å². The lowest BCUT2D eigenvalue weighted by atomic mass is 9.75. The third kappa shape index (κ3) is 5.13. The number of nitrogens with two attached hydrogens (primary N) is 1. The number of benzene rings is 1. The fourth-order valence-electron chi connectivity index (χ4n) is 3.75. The molecule has 0 spiro atoms. The fraction of sp³-hybridized carbons (Fsp3) is 0.591. The lowest BCUT2D eigenvalue weighted by Gasteiger charge is -2.40. The summed E-state index contributed by atoms with van der Waals surface area (Å²) < 4.78 is 6.45. The maximum absolute atomic E-state index is 9.62. The molecule has 1 atom stereocenters. The van der Waals surface area contributed by atoms with Gasteiger partial charge in [0.05, 0.1) is 18.0 Å². The molecule has 0 aromatic heterocycles. The molecule has 0 saturated heterocycles. The quantitative estimate of drug-likeness (QED) is 0.680. The van der Waals surface area contributed by atoms with Crippen molar-refractivity contribution in [1.29, 1.82) is 0 Å². The minimum absolute atomic E-state index is 0.154. The number of aliphatic hydroxyl groups is 1. The monoisotopic (exact) mass is 392 g/mol. The Morgan fingerprint density at radius 1 is 1.37 bits per heavy atom. The van der Waals surface area contributed by atoms with Crippen LogP contribution in [0.25, 0.3) is 0 Å². The van der Waals surface area contributed by atoms with Crippen LogP contribution >= 0.6 is 11.6 Å². The Labute approximate surface area is 168 Å². The first kappa shape index (κ1) is 21.9. The molecule has 2 fully saturated rings. The third-order valence-electron chi connectivity index (χ3n) is 5.07. The molecule has 4 nitrogen and oxygen atoms in total. The van der Waals surface area contributed by atoms with Gasteiger partial charge >= 0.3 is 0 Å². The molecule has 0 radical (unpaired) electrons. The van der Waals surface area contributed by atoms with E-state index in [0.717, 1.165) is 55.5 Å². The van der Waals surface area contributed by atoms with Gasteiger partial charge in [0, 0.05) is 17.3 Å². The summed E-state index contributed by atoms with van der Waals surface area (Å²) in [5, 5.41) is 10.3. The zero-order valence-corrected chi connectivity index (χ0v) is 17.6. The van der Waals surface area contributed by atoms with Gasteiger partial charge in [0.2, 0.25) is 0 Å². The number of hydrogen-bond acceptors (Lipinski definition) is 4. The second-order valence-electron chi connectivity index (χ2n) is 6.97. The van der Waals surface area contributed by atoms with Crippen LogP contribution in [0.1, 0.15) is 59.3 Å². The van der Waals surface area contributed by atoms with Gasteiger partial charge in [0.25, 0.3) is 0 Å². The summed E-state index contributed by atoms with van der Waals surface area (Å²) in [6.45, 7) is 6.67. The first-order chi connectivity index (χ1) is 13.1. The van der Waals surface area contributed by atoms with Crippen molar-refractivity contribution in [2.75, 3.05) is 13.2 Å². The molecule has 2 aliphatic carbocycles. The molecule has 2 saturated carbocycles. The van der Waals surface area contributed by atoms with Crippen molar-refractivity contribution in [3.8, 4) is 0 Å². The maximum atomic E-state index is 9.62. The van der Waals surface area contributed by atoms with Gasteiger partial charge in [-0.1, -0.05) is 38.4 Å². The second-order valence-corrected chi connectivity index (χ2v) is 7.40. The van der Waals surface area contributed by atoms with Crippen LogP contribution in [-0.4, -0.2) is 29.6 Å². The Morgan fingerprint density at radius 2 is 2.11 bits per heavy atom. The van der Waals surface area contributed by atoms with Gasteiger partial charge < -0.3 is 15.6 Å². The molecule has 0 amide bonds. The number of aliphatic hydroxyl groups excluding tert-OH is 1. The highest BCUT2D eigenvalue weighted by atomic mass is 35.5. The standard InChI is InChI=1S/C20H27ClN2O2.C2H6/c1-2-11-25-20(14-8-9-14)10-4-7-17(18(22)13-24)19(20)23-16-6-3-5-15(21)12-16;1-2/h3,5-6,12,14,24H,2,4,7-11,13,22H2,1H3;1-2H3/b18-17-,23-19?;. The average Bonchev–Trinajstić information content (AvgIpc) is 3.54. The Kier molecular flexibility index (Phi) is 8.33. The number of nitrogens with zero attached hydrogens (tertiary/aromatic N) is 1. The van der Waals surface area contributed by atoms with Gasteiger partial charge in [-0.15, -0.1) is 0 Å². The van der Waals surface area contributed by atoms with E-state index >= 15 is 0 Å². The van der Waals surface area contributed by atoms with E-state index in [1.165, 1.54) is 0 Å². The Balaban J connectivity index is 0.00000126. The van der Waals surface area contributed by atoms with E-state index < -0.39 is 0 Å². The Hall–Kier alpha value is -1.36. The predicted octanol–water partition coefficient (Wildman–Crippen LogP) is 5.40. The summed E-state index contributed by atoms with van der Waals surface area (Å²) in [6.07, 6.45) is 6.07. The summed E-state index contributed by atoms with van der Waals surface area (Å²) >= 11 is 6.14. The Bertz CT molecular complexity index is 683. The van der Waals surface area contributed by atoms with E-state index in [4.69, 9.17) is 27.1 Å². The van der Waals surface area contributed by atoms with Crippen LogP contribution in [0.2, 0.25) is 5.02 Å². The normalized spacial score (nSPS) is 25.7. The van der Waals surface area contributed by atoms with Gasteiger partial charge in [0.1, 0.15) is 5.60 Å². The first-order valence-electron chi connectivity index (χ1n) is 10.2. The zero-order chi connectivity index (χ0) is 19.9. The summed E-state index contributed by atoms with van der Waals surface area (Å²) in [6, 6.07) is 7.53. The number of ether oxygens (including phenoxy) is 1. The highest BCUT2D eigenvalue weighted by molar-refractivity contribution is 6.30. The lowest BCUT2D eigenvalue weighted by Crippen LogP contribution is -2.48. The topological polar surface area (TPSA) is 67.8 Å². The smallest absolute Gasteiger partial charge is 0.113 e. The summed E-state index contributed by atoms with van der Waals surface area (Å²) in [5.74, 6) is 0.485. The zero-order valence-electron chi connectivity index (χ0n) is 16.8. The van der Waals surface area contributed by atoms with E-state index in [1.54, 1.807) is 0 Å². The van der Waals surface area contributed by atoms with Crippen LogP contribution in [-0.2, 0) is 4.74 Å². The van der Waals surface area contributed by atoms with Crippen molar-refractivity contribution < 1.29 is 9.84 Å². The highest BCUT2D eigenvalue weighted by Gasteiger charge is 2.52. The summed E-state index contributed by atoms with van der Waals surface area (Å²) in [4.78, 5) is 4.96. The SMILES string of the molecule is CC.CCCOC1(C2CC2)CCC/C(=C(/N)CO)C1=Nc1cccc(Cl)c1. The molecule has 150 valence electrons. The summed E-state index contributed by atoms with van der Waals surface area (Å²) in [5.41, 5.74) is 8.95. The molecule has 0 bridgehead atoms. The van der Waals surface area contributed by atoms with E-state index in [-0.39, 0.29) is 12.2 Å². The maximum Gasteiger partial charge on any atom is 0.113 e. The minimum Gasteiger partial charge on any atom is -0.400 e. The average molecular weight is 393 g/mol. The molecule has 27 heavy (non-hydrogen) atoms. The highest BCUT2D eigenvalue weighted by Crippen LogP contribution is 2.50. The van der Waals surface area contributed by atoms with E-state index in [1.807, 2.05) is 38.1 Å². The minimum atomic E-state index is -0.383. The molecule has 0 aliphatic heterocycles. The third-order valence-corrected chi connectivity index (χ3v) is 5.30. The number of rotatable bonds is 6. The van der Waals surface area contributed by atoms with Gasteiger partial charge in [-0.2, -0.15) is 0 Å². The van der Waals surface area contributed by atoms with Crippen molar-refractivity contribution in [2.45, 2.75) is 64.9 Å². The number of hydrogen-bond donors (Lipinski definition) is 2. The molecule has 3 rings (SSSR count). The number of aliphatic imine (C=N–C) groups is 1. The fourth-order valence-corrected chi connectivity index (χ4v) is 3.94. The van der Waals surface area contributed by atoms with Crippen LogP contribution in [0.5, 0.6) is 0 Å². The predicted molar refractivity (Wildman–Crippen MR) is 114 cm³/mol. The van der Waals surface area contributed by atoms with Crippen molar-refractivity contribution in [3.05, 3.63) is 40.6 Å². The second kappa shape index (κ2) is 10.3. The van der Waals surface area contributed by atoms with Gasteiger partial charge in [-0.05, 0) is 68.2 Å². The van der Waals surface area contributed by atoms with Crippen molar-refractivity contribution in [3.63, 3.8) is 0 Å². The molecule has 1 aromatic rings. The summed E-state index contributed by atoms with van der Waals surface area (Å²) in [7, 11) is 0. The molecule has 1 unspecified atom stereocenters. The molecular formula is C22H33ClN2O2. The van der Waals surface area contributed by atoms with Gasteiger partial charge in [-0.25, -0.2) is 4.99 Å². The Morgan fingerprint density at radius 3 is 2.70 bits per heavy atom. The molecule has 0 heterocycles. The lowest BCUT2D eigenvalue weighted by molar-refractivity contribution is -0.0189. The van der Waals surface area contributed by atoms with Gasteiger partial charge in [0.15, 0.2) is 0 Å². The van der Waals surface area contributed by atoms with Crippen LogP contribution < -0.4 is 5.73 Å². The van der Waals surface area contributed by atoms with E-state index in [2.05, 4.69) is 6.92 Å². The van der Waals surface area contributed by atoms with Crippen LogP contribution in [0.3, 0.4) is 0 Å². The molecule has 3 N–H and O–H groups in total. The van der Waals surface area contributed by atoms with Crippen molar-refractivity contribution in [2.24, 2.45) is 16.6 Å². The number of halogens is 1. The molecule has 2 aliphatic rings. The first-order valence-corrected chi connectivity index (χ1v) is 10.6. The van der Waals surface area contributed by atoms with Crippen molar-refractivity contribution in [1.82, 2.24) is 0 Å². The van der Waals surface area contributed by atoms with Crippen LogP contribution in [0, 0.1) is 5.92 Å². The van der Waals surface area contributed by atoms with E-state index in [9.17, 15) is 5.11 Å². The molecule has 1 aromatic carbocycles. The molecular weight excluding hydrogens is 360 g/mol.